The van der Waals surface area contributed by atoms with Crippen LogP contribution in [0.2, 0.25) is 0 Å². The van der Waals surface area contributed by atoms with Crippen LogP contribution >= 0.6 is 0 Å². The summed E-state index contributed by atoms with van der Waals surface area (Å²) in [5, 5.41) is 5.07. The van der Waals surface area contributed by atoms with Gasteiger partial charge in [0.15, 0.2) is 5.65 Å². The molecule has 136 valence electrons. The maximum absolute atomic E-state index is 14.5. The van der Waals surface area contributed by atoms with Crippen LogP contribution in [0.4, 0.5) is 8.78 Å². The molecule has 2 aromatic heterocycles. The summed E-state index contributed by atoms with van der Waals surface area (Å²) >= 11 is 0. The Kier molecular flexibility index (Phi) is 4.40. The van der Waals surface area contributed by atoms with Crippen molar-refractivity contribution in [2.75, 3.05) is 13.2 Å². The molecule has 26 heavy (non-hydrogen) atoms. The van der Waals surface area contributed by atoms with Gasteiger partial charge in [0.25, 0.3) is 0 Å². The first kappa shape index (κ1) is 17.0. The fraction of sp³-hybridized carbons (Fsp3) is 0.421. The Bertz CT molecular complexity index is 948. The van der Waals surface area contributed by atoms with E-state index in [-0.39, 0.29) is 17.5 Å². The van der Waals surface area contributed by atoms with Gasteiger partial charge in [0.05, 0.1) is 17.3 Å². The molecule has 4 rings (SSSR count). The molecule has 0 unspecified atom stereocenters. The molecule has 7 heteroatoms. The largest absolute Gasteiger partial charge is 0.381 e. The molecule has 0 spiro atoms. The highest BCUT2D eigenvalue weighted by Crippen LogP contribution is 2.33. The second-order valence-corrected chi connectivity index (χ2v) is 6.86. The minimum Gasteiger partial charge on any atom is -0.381 e. The van der Waals surface area contributed by atoms with Gasteiger partial charge in [0.1, 0.15) is 17.5 Å². The van der Waals surface area contributed by atoms with Gasteiger partial charge in [-0.3, -0.25) is 0 Å². The minimum absolute atomic E-state index is 0.107. The standard InChI is InChI=1S/C19H20F2N4O/c1-11(2)25-19-15(10-22-25)17(14-4-3-13(20)9-16(14)21)23-18(24-19)12-5-7-26-8-6-12/h3-4,9-12H,5-8H2,1-2H3. The highest BCUT2D eigenvalue weighted by Gasteiger charge is 2.24. The molecular formula is C19H20F2N4O. The van der Waals surface area contributed by atoms with Gasteiger partial charge in [-0.15, -0.1) is 0 Å². The van der Waals surface area contributed by atoms with Gasteiger partial charge in [-0.2, -0.15) is 5.10 Å². The Hall–Kier alpha value is -2.41. The summed E-state index contributed by atoms with van der Waals surface area (Å²) in [6, 6.07) is 3.65. The van der Waals surface area contributed by atoms with Crippen LogP contribution in [0.3, 0.4) is 0 Å². The number of aromatic nitrogens is 4. The summed E-state index contributed by atoms with van der Waals surface area (Å²) in [4.78, 5) is 9.43. The lowest BCUT2D eigenvalue weighted by Crippen LogP contribution is -2.17. The summed E-state index contributed by atoms with van der Waals surface area (Å²) < 4.78 is 35.0. The van der Waals surface area contributed by atoms with E-state index in [1.165, 1.54) is 12.1 Å². The van der Waals surface area contributed by atoms with Crippen molar-refractivity contribution < 1.29 is 13.5 Å². The van der Waals surface area contributed by atoms with Crippen molar-refractivity contribution >= 4 is 11.0 Å². The van der Waals surface area contributed by atoms with Crippen LogP contribution in [0.5, 0.6) is 0 Å². The maximum atomic E-state index is 14.5. The van der Waals surface area contributed by atoms with Crippen LogP contribution in [-0.2, 0) is 4.74 Å². The zero-order chi connectivity index (χ0) is 18.3. The highest BCUT2D eigenvalue weighted by atomic mass is 19.1. The lowest BCUT2D eigenvalue weighted by atomic mass is 9.98. The molecule has 3 aromatic rings. The van der Waals surface area contributed by atoms with Crippen molar-refractivity contribution in [1.82, 2.24) is 19.7 Å². The van der Waals surface area contributed by atoms with Gasteiger partial charge >= 0.3 is 0 Å². The molecule has 1 fully saturated rings. The molecule has 0 aliphatic carbocycles. The number of nitrogens with zero attached hydrogens (tertiary/aromatic N) is 4. The van der Waals surface area contributed by atoms with E-state index in [2.05, 4.69) is 10.1 Å². The first-order valence-electron chi connectivity index (χ1n) is 8.83. The molecule has 0 atom stereocenters. The minimum atomic E-state index is -0.639. The number of hydrogen-bond acceptors (Lipinski definition) is 4. The predicted molar refractivity (Wildman–Crippen MR) is 93.9 cm³/mol. The SMILES string of the molecule is CC(C)n1ncc2c(-c3ccc(F)cc3F)nc(C3CCOCC3)nc21. The molecule has 1 aliphatic heterocycles. The van der Waals surface area contributed by atoms with Crippen molar-refractivity contribution in [3.63, 3.8) is 0 Å². The van der Waals surface area contributed by atoms with E-state index in [4.69, 9.17) is 9.72 Å². The second kappa shape index (κ2) is 6.72. The van der Waals surface area contributed by atoms with Crippen LogP contribution in [-0.4, -0.2) is 33.0 Å². The quantitative estimate of drug-likeness (QED) is 0.702. The summed E-state index contributed by atoms with van der Waals surface area (Å²) in [5.41, 5.74) is 1.39. The third-order valence-corrected chi connectivity index (χ3v) is 4.73. The number of hydrogen-bond donors (Lipinski definition) is 0. The lowest BCUT2D eigenvalue weighted by molar-refractivity contribution is 0.0836. The van der Waals surface area contributed by atoms with Crippen LogP contribution in [0.1, 0.15) is 44.5 Å². The fourth-order valence-electron chi connectivity index (χ4n) is 3.35. The van der Waals surface area contributed by atoms with Gasteiger partial charge < -0.3 is 4.74 Å². The Morgan fingerprint density at radius 3 is 2.62 bits per heavy atom. The summed E-state index contributed by atoms with van der Waals surface area (Å²) in [6.07, 6.45) is 3.31. The molecular weight excluding hydrogens is 338 g/mol. The van der Waals surface area contributed by atoms with E-state index in [0.717, 1.165) is 18.9 Å². The van der Waals surface area contributed by atoms with Crippen molar-refractivity contribution in [1.29, 1.82) is 0 Å². The zero-order valence-corrected chi connectivity index (χ0v) is 14.7. The van der Waals surface area contributed by atoms with E-state index < -0.39 is 11.6 Å². The van der Waals surface area contributed by atoms with Gasteiger partial charge in [-0.25, -0.2) is 23.4 Å². The first-order chi connectivity index (χ1) is 12.5. The Labute approximate surface area is 150 Å². The van der Waals surface area contributed by atoms with Crippen molar-refractivity contribution in [3.05, 3.63) is 41.9 Å². The van der Waals surface area contributed by atoms with Crippen molar-refractivity contribution in [2.24, 2.45) is 0 Å². The van der Waals surface area contributed by atoms with Crippen molar-refractivity contribution in [2.45, 2.75) is 38.6 Å². The smallest absolute Gasteiger partial charge is 0.162 e. The predicted octanol–water partition coefficient (Wildman–Crippen LogP) is 4.25. The van der Waals surface area contributed by atoms with E-state index in [1.807, 2.05) is 18.5 Å². The summed E-state index contributed by atoms with van der Waals surface area (Å²) in [7, 11) is 0. The number of rotatable bonds is 3. The first-order valence-corrected chi connectivity index (χ1v) is 8.83. The third-order valence-electron chi connectivity index (χ3n) is 4.73. The van der Waals surface area contributed by atoms with Gasteiger partial charge in [0, 0.05) is 36.8 Å². The van der Waals surface area contributed by atoms with E-state index >= 15 is 0 Å². The zero-order valence-electron chi connectivity index (χ0n) is 14.7. The number of fused-ring (bicyclic) bond motifs is 1. The fourth-order valence-corrected chi connectivity index (χ4v) is 3.35. The van der Waals surface area contributed by atoms with E-state index in [9.17, 15) is 8.78 Å². The molecule has 1 saturated heterocycles. The molecule has 1 aliphatic rings. The monoisotopic (exact) mass is 358 g/mol. The second-order valence-electron chi connectivity index (χ2n) is 6.86. The number of benzene rings is 1. The van der Waals surface area contributed by atoms with Crippen LogP contribution in [0, 0.1) is 11.6 Å². The maximum Gasteiger partial charge on any atom is 0.162 e. The molecule has 0 bridgehead atoms. The summed E-state index contributed by atoms with van der Waals surface area (Å²) in [6.45, 7) is 5.35. The molecule has 0 saturated carbocycles. The average Bonchev–Trinajstić information content (AvgIpc) is 3.06. The summed E-state index contributed by atoms with van der Waals surface area (Å²) in [5.74, 6) is -0.424. The van der Waals surface area contributed by atoms with Gasteiger partial charge in [0.2, 0.25) is 0 Å². The molecule has 1 aromatic carbocycles. The van der Waals surface area contributed by atoms with Gasteiger partial charge in [-0.1, -0.05) is 0 Å². The van der Waals surface area contributed by atoms with E-state index in [0.29, 0.717) is 35.8 Å². The third kappa shape index (κ3) is 2.96. The Balaban J connectivity index is 1.95. The normalized spacial score (nSPS) is 15.9. The van der Waals surface area contributed by atoms with Gasteiger partial charge in [-0.05, 0) is 38.8 Å². The molecule has 0 radical (unpaired) electrons. The molecule has 5 nitrogen and oxygen atoms in total. The van der Waals surface area contributed by atoms with Crippen molar-refractivity contribution in [3.8, 4) is 11.3 Å². The van der Waals surface area contributed by atoms with Crippen LogP contribution in [0.15, 0.2) is 24.4 Å². The Morgan fingerprint density at radius 1 is 1.15 bits per heavy atom. The van der Waals surface area contributed by atoms with Crippen LogP contribution < -0.4 is 0 Å². The number of halogens is 2. The average molecular weight is 358 g/mol. The highest BCUT2D eigenvalue weighted by molar-refractivity contribution is 5.90. The number of ether oxygens (including phenoxy) is 1. The van der Waals surface area contributed by atoms with E-state index in [1.54, 1.807) is 6.20 Å². The Morgan fingerprint density at radius 2 is 1.92 bits per heavy atom. The molecule has 3 heterocycles. The molecule has 0 N–H and O–H groups in total. The topological polar surface area (TPSA) is 52.8 Å². The molecule has 0 amide bonds. The lowest BCUT2D eigenvalue weighted by Gasteiger charge is -2.21. The van der Waals surface area contributed by atoms with Crippen LogP contribution in [0.25, 0.3) is 22.3 Å².